The number of aryl methyl sites for hydroxylation is 1. The first-order valence-corrected chi connectivity index (χ1v) is 9.38. The number of fused-ring (bicyclic) bond motifs is 2. The summed E-state index contributed by atoms with van der Waals surface area (Å²) in [5, 5.41) is 8.69. The Kier molecular flexibility index (Phi) is 4.40. The van der Waals surface area contributed by atoms with Crippen LogP contribution < -0.4 is 10.1 Å². The van der Waals surface area contributed by atoms with Crippen molar-refractivity contribution in [2.45, 2.75) is 0 Å². The minimum absolute atomic E-state index is 0.101. The van der Waals surface area contributed by atoms with Crippen LogP contribution in [0.1, 0.15) is 0 Å². The maximum atomic E-state index is 14.7. The van der Waals surface area contributed by atoms with Crippen molar-refractivity contribution in [2.24, 2.45) is 7.05 Å². The van der Waals surface area contributed by atoms with Crippen molar-refractivity contribution in [2.75, 3.05) is 5.32 Å². The molecule has 9 heteroatoms. The van der Waals surface area contributed by atoms with E-state index in [0.29, 0.717) is 33.4 Å². The van der Waals surface area contributed by atoms with Gasteiger partial charge < -0.3 is 10.1 Å². The monoisotopic (exact) mass is 420 g/mol. The molecule has 0 saturated heterocycles. The number of halogens is 2. The van der Waals surface area contributed by atoms with Crippen LogP contribution in [0.4, 0.5) is 15.9 Å². The Bertz CT molecular complexity index is 1400. The Labute approximate surface area is 175 Å². The molecule has 0 bridgehead atoms. The largest absolute Gasteiger partial charge is 0.454 e. The number of rotatable bonds is 4. The molecule has 5 aromatic rings. The molecule has 7 nitrogen and oxygen atoms in total. The van der Waals surface area contributed by atoms with Gasteiger partial charge in [-0.15, -0.1) is 0 Å². The van der Waals surface area contributed by atoms with Crippen LogP contribution in [0, 0.1) is 5.82 Å². The van der Waals surface area contributed by atoms with Gasteiger partial charge in [-0.2, -0.15) is 5.10 Å². The SMILES string of the molecule is Cn1cc2ccc(Oc3ccc(Nc4ncnc5ccc(Cl)nc45)cc3F)cc2n1. The van der Waals surface area contributed by atoms with Crippen molar-refractivity contribution in [1.82, 2.24) is 24.7 Å². The lowest BCUT2D eigenvalue weighted by Gasteiger charge is -2.11. The van der Waals surface area contributed by atoms with Crippen LogP contribution >= 0.6 is 11.6 Å². The van der Waals surface area contributed by atoms with E-state index < -0.39 is 5.82 Å². The highest BCUT2D eigenvalue weighted by molar-refractivity contribution is 6.29. The summed E-state index contributed by atoms with van der Waals surface area (Å²) in [4.78, 5) is 12.6. The Hall–Kier alpha value is -3.78. The summed E-state index contributed by atoms with van der Waals surface area (Å²) in [6.07, 6.45) is 3.31. The smallest absolute Gasteiger partial charge is 0.167 e. The van der Waals surface area contributed by atoms with Crippen LogP contribution in [0.15, 0.2) is 61.1 Å². The van der Waals surface area contributed by atoms with Gasteiger partial charge in [-0.3, -0.25) is 4.68 Å². The van der Waals surface area contributed by atoms with Crippen LogP contribution in [-0.2, 0) is 7.05 Å². The summed E-state index contributed by atoms with van der Waals surface area (Å²) >= 11 is 5.98. The zero-order valence-corrected chi connectivity index (χ0v) is 16.4. The van der Waals surface area contributed by atoms with E-state index in [4.69, 9.17) is 16.3 Å². The van der Waals surface area contributed by atoms with Gasteiger partial charge in [-0.25, -0.2) is 19.3 Å². The summed E-state index contributed by atoms with van der Waals surface area (Å²) in [6.45, 7) is 0. The zero-order chi connectivity index (χ0) is 20.7. The normalized spacial score (nSPS) is 11.2. The maximum Gasteiger partial charge on any atom is 0.167 e. The van der Waals surface area contributed by atoms with Gasteiger partial charge in [-0.1, -0.05) is 11.6 Å². The molecule has 0 spiro atoms. The fourth-order valence-corrected chi connectivity index (χ4v) is 3.26. The van der Waals surface area contributed by atoms with E-state index >= 15 is 0 Å². The Balaban J connectivity index is 1.41. The second kappa shape index (κ2) is 7.23. The number of nitrogens with zero attached hydrogens (tertiary/aromatic N) is 5. The van der Waals surface area contributed by atoms with E-state index in [1.54, 1.807) is 41.1 Å². The molecule has 5 rings (SSSR count). The molecule has 0 saturated carbocycles. The third-order valence-corrected chi connectivity index (χ3v) is 4.67. The average Bonchev–Trinajstić information content (AvgIpc) is 3.10. The van der Waals surface area contributed by atoms with Crippen molar-refractivity contribution in [3.05, 3.63) is 72.0 Å². The molecule has 0 fully saturated rings. The van der Waals surface area contributed by atoms with E-state index in [-0.39, 0.29) is 5.75 Å². The van der Waals surface area contributed by atoms with E-state index in [0.717, 1.165) is 10.9 Å². The third-order valence-electron chi connectivity index (χ3n) is 4.46. The topological polar surface area (TPSA) is 77.8 Å². The molecule has 0 radical (unpaired) electrons. The molecule has 148 valence electrons. The Morgan fingerprint density at radius 3 is 2.80 bits per heavy atom. The molecule has 0 unspecified atom stereocenters. The lowest BCUT2D eigenvalue weighted by molar-refractivity contribution is 0.443. The van der Waals surface area contributed by atoms with E-state index in [2.05, 4.69) is 25.4 Å². The fraction of sp³-hybridized carbons (Fsp3) is 0.0476. The van der Waals surface area contributed by atoms with Gasteiger partial charge in [0.2, 0.25) is 0 Å². The van der Waals surface area contributed by atoms with Crippen LogP contribution in [0.5, 0.6) is 11.5 Å². The predicted molar refractivity (Wildman–Crippen MR) is 113 cm³/mol. The number of anilines is 2. The molecule has 0 amide bonds. The van der Waals surface area contributed by atoms with E-state index in [1.165, 1.54) is 12.4 Å². The number of aromatic nitrogens is 5. The van der Waals surface area contributed by atoms with Crippen molar-refractivity contribution in [3.8, 4) is 11.5 Å². The molecule has 0 aliphatic rings. The minimum Gasteiger partial charge on any atom is -0.454 e. The summed E-state index contributed by atoms with van der Waals surface area (Å²) in [5.74, 6) is 0.507. The molecule has 2 aromatic carbocycles. The first-order valence-electron chi connectivity index (χ1n) is 9.00. The summed E-state index contributed by atoms with van der Waals surface area (Å²) in [5.41, 5.74) is 2.38. The second-order valence-electron chi connectivity index (χ2n) is 6.62. The Morgan fingerprint density at radius 2 is 1.93 bits per heavy atom. The first kappa shape index (κ1) is 18.3. The molecule has 0 aliphatic carbocycles. The lowest BCUT2D eigenvalue weighted by Crippen LogP contribution is -1.98. The third kappa shape index (κ3) is 3.48. The van der Waals surface area contributed by atoms with Gasteiger partial charge in [0.15, 0.2) is 17.4 Å². The van der Waals surface area contributed by atoms with E-state index in [1.807, 2.05) is 19.3 Å². The van der Waals surface area contributed by atoms with Crippen LogP contribution in [0.25, 0.3) is 21.9 Å². The van der Waals surface area contributed by atoms with Crippen LogP contribution in [0.2, 0.25) is 5.15 Å². The molecular weight excluding hydrogens is 407 g/mol. The van der Waals surface area contributed by atoms with Gasteiger partial charge in [0, 0.05) is 36.5 Å². The quantitative estimate of drug-likeness (QED) is 0.400. The highest BCUT2D eigenvalue weighted by atomic mass is 35.5. The number of nitrogens with one attached hydrogen (secondary N) is 1. The number of hydrogen-bond acceptors (Lipinski definition) is 6. The number of benzene rings is 2. The minimum atomic E-state index is -0.523. The molecule has 0 atom stereocenters. The molecule has 30 heavy (non-hydrogen) atoms. The summed E-state index contributed by atoms with van der Waals surface area (Å²) < 4.78 is 22.1. The van der Waals surface area contributed by atoms with Crippen molar-refractivity contribution in [3.63, 3.8) is 0 Å². The molecular formula is C21H14ClFN6O. The van der Waals surface area contributed by atoms with E-state index in [9.17, 15) is 4.39 Å². The molecule has 3 heterocycles. The van der Waals surface area contributed by atoms with Gasteiger partial charge >= 0.3 is 0 Å². The van der Waals surface area contributed by atoms with Crippen molar-refractivity contribution >= 4 is 45.0 Å². The predicted octanol–water partition coefficient (Wildman–Crippen LogP) is 5.24. The van der Waals surface area contributed by atoms with Crippen LogP contribution in [0.3, 0.4) is 0 Å². The average molecular weight is 421 g/mol. The van der Waals surface area contributed by atoms with Crippen molar-refractivity contribution < 1.29 is 9.13 Å². The Morgan fingerprint density at radius 1 is 1.03 bits per heavy atom. The molecule has 1 N–H and O–H groups in total. The highest BCUT2D eigenvalue weighted by Gasteiger charge is 2.11. The standard InChI is InChI=1S/C21H14ClFN6O/c1-29-10-12-2-4-14(9-17(12)28-29)30-18-6-3-13(8-15(18)23)26-21-20-16(24-11-25-21)5-7-19(22)27-20/h2-11H,1H3,(H,24,25,26). The highest BCUT2D eigenvalue weighted by Crippen LogP contribution is 2.30. The number of ether oxygens (including phenoxy) is 1. The van der Waals surface area contributed by atoms with Gasteiger partial charge in [-0.05, 0) is 36.4 Å². The van der Waals surface area contributed by atoms with Gasteiger partial charge in [0.05, 0.1) is 11.0 Å². The number of hydrogen-bond donors (Lipinski definition) is 1. The fourth-order valence-electron chi connectivity index (χ4n) is 3.12. The lowest BCUT2D eigenvalue weighted by atomic mass is 10.2. The van der Waals surface area contributed by atoms with Gasteiger partial charge in [0.25, 0.3) is 0 Å². The zero-order valence-electron chi connectivity index (χ0n) is 15.7. The van der Waals surface area contributed by atoms with Gasteiger partial charge in [0.1, 0.15) is 22.7 Å². The molecule has 3 aromatic heterocycles. The van der Waals surface area contributed by atoms with Crippen LogP contribution in [-0.4, -0.2) is 24.7 Å². The second-order valence-corrected chi connectivity index (χ2v) is 7.01. The number of pyridine rings is 1. The summed E-state index contributed by atoms with van der Waals surface area (Å²) in [6, 6.07) is 13.4. The first-order chi connectivity index (χ1) is 14.5. The molecule has 0 aliphatic heterocycles. The van der Waals surface area contributed by atoms with Crippen molar-refractivity contribution in [1.29, 1.82) is 0 Å². The summed E-state index contributed by atoms with van der Waals surface area (Å²) in [7, 11) is 1.84. The maximum absolute atomic E-state index is 14.7.